The number of anilines is 1. The molecule has 0 amide bonds. The molecule has 1 aromatic rings. The fourth-order valence-electron chi connectivity index (χ4n) is 1.79. The smallest absolute Gasteiger partial charge is 0.252 e. The molecule has 0 radical (unpaired) electrons. The first-order valence-electron chi connectivity index (χ1n) is 5.74. The third kappa shape index (κ3) is 2.41. The van der Waals surface area contributed by atoms with Gasteiger partial charge in [0, 0.05) is 38.2 Å². The molecule has 1 saturated heterocycles. The van der Waals surface area contributed by atoms with Gasteiger partial charge in [0.15, 0.2) is 0 Å². The third-order valence-electron chi connectivity index (χ3n) is 2.73. The van der Waals surface area contributed by atoms with E-state index in [1.807, 2.05) is 13.8 Å². The molecule has 0 bridgehead atoms. The molecule has 1 aliphatic heterocycles. The maximum atomic E-state index is 11.5. The first kappa shape index (κ1) is 11.1. The maximum Gasteiger partial charge on any atom is 0.252 e. The van der Waals surface area contributed by atoms with Crippen LogP contribution in [0.15, 0.2) is 10.9 Å². The molecule has 5 heteroatoms. The molecule has 1 fully saturated rings. The molecule has 2 heterocycles. The van der Waals surface area contributed by atoms with Crippen molar-refractivity contribution in [3.63, 3.8) is 0 Å². The number of H-pyrrole nitrogens is 1. The highest BCUT2D eigenvalue weighted by atomic mass is 16.1. The van der Waals surface area contributed by atoms with Crippen molar-refractivity contribution in [3.05, 3.63) is 22.2 Å². The molecule has 0 spiro atoms. The lowest BCUT2D eigenvalue weighted by Gasteiger charge is -2.28. The van der Waals surface area contributed by atoms with Gasteiger partial charge in [0.25, 0.3) is 5.56 Å². The van der Waals surface area contributed by atoms with Crippen molar-refractivity contribution in [3.8, 4) is 0 Å². The number of aromatic amines is 1. The minimum absolute atomic E-state index is 0.0627. The summed E-state index contributed by atoms with van der Waals surface area (Å²) in [6, 6.07) is 1.58. The van der Waals surface area contributed by atoms with E-state index in [0.29, 0.717) is 0 Å². The molecule has 16 heavy (non-hydrogen) atoms. The van der Waals surface area contributed by atoms with Crippen molar-refractivity contribution < 1.29 is 0 Å². The average molecular weight is 222 g/mol. The third-order valence-corrected chi connectivity index (χ3v) is 2.73. The van der Waals surface area contributed by atoms with Gasteiger partial charge in [-0.05, 0) is 0 Å². The molecule has 1 aromatic heterocycles. The lowest BCUT2D eigenvalue weighted by atomic mass is 10.2. The zero-order valence-corrected chi connectivity index (χ0v) is 9.79. The molecular weight excluding hydrogens is 204 g/mol. The second kappa shape index (κ2) is 4.65. The minimum Gasteiger partial charge on any atom is -0.354 e. The van der Waals surface area contributed by atoms with Gasteiger partial charge in [-0.3, -0.25) is 4.79 Å². The van der Waals surface area contributed by atoms with E-state index in [2.05, 4.69) is 20.2 Å². The molecule has 0 aliphatic carbocycles. The molecule has 0 aromatic carbocycles. The lowest BCUT2D eigenvalue weighted by molar-refractivity contribution is 0.582. The summed E-state index contributed by atoms with van der Waals surface area (Å²) >= 11 is 0. The molecule has 0 atom stereocenters. The second-order valence-corrected chi connectivity index (χ2v) is 4.38. The molecule has 0 saturated carbocycles. The van der Waals surface area contributed by atoms with Crippen LogP contribution in [0.1, 0.15) is 25.6 Å². The zero-order chi connectivity index (χ0) is 11.5. The predicted molar refractivity (Wildman–Crippen MR) is 64.0 cm³/mol. The van der Waals surface area contributed by atoms with E-state index in [4.69, 9.17) is 0 Å². The summed E-state index contributed by atoms with van der Waals surface area (Å²) in [6.07, 6.45) is 0. The normalized spacial score (nSPS) is 16.8. The maximum absolute atomic E-state index is 11.5. The summed E-state index contributed by atoms with van der Waals surface area (Å²) < 4.78 is 0. The van der Waals surface area contributed by atoms with Crippen LogP contribution in [-0.2, 0) is 0 Å². The SMILES string of the molecule is CC(C)c1nc(N2CCNCC2)cc(=O)[nH]1. The summed E-state index contributed by atoms with van der Waals surface area (Å²) in [7, 11) is 0. The number of rotatable bonds is 2. The van der Waals surface area contributed by atoms with Crippen molar-refractivity contribution in [2.24, 2.45) is 0 Å². The predicted octanol–water partition coefficient (Wildman–Crippen LogP) is 0.303. The number of piperazine rings is 1. The summed E-state index contributed by atoms with van der Waals surface area (Å²) in [4.78, 5) is 20.9. The van der Waals surface area contributed by atoms with Gasteiger partial charge in [0.1, 0.15) is 11.6 Å². The van der Waals surface area contributed by atoms with Crippen LogP contribution in [0.3, 0.4) is 0 Å². The Morgan fingerprint density at radius 3 is 2.69 bits per heavy atom. The van der Waals surface area contributed by atoms with E-state index < -0.39 is 0 Å². The van der Waals surface area contributed by atoms with E-state index in [1.165, 1.54) is 0 Å². The largest absolute Gasteiger partial charge is 0.354 e. The Bertz CT molecular complexity index is 407. The Morgan fingerprint density at radius 1 is 1.38 bits per heavy atom. The number of hydrogen-bond acceptors (Lipinski definition) is 4. The Labute approximate surface area is 94.9 Å². The van der Waals surface area contributed by atoms with Crippen LogP contribution in [0.25, 0.3) is 0 Å². The van der Waals surface area contributed by atoms with Crippen LogP contribution in [0, 0.1) is 0 Å². The van der Waals surface area contributed by atoms with Crippen molar-refractivity contribution in [2.45, 2.75) is 19.8 Å². The van der Waals surface area contributed by atoms with E-state index in [-0.39, 0.29) is 11.5 Å². The topological polar surface area (TPSA) is 61.0 Å². The minimum atomic E-state index is -0.0627. The first-order valence-corrected chi connectivity index (χ1v) is 5.74. The Morgan fingerprint density at radius 2 is 2.06 bits per heavy atom. The van der Waals surface area contributed by atoms with Gasteiger partial charge in [-0.1, -0.05) is 13.8 Å². The molecule has 2 rings (SSSR count). The van der Waals surface area contributed by atoms with Crippen LogP contribution in [0.5, 0.6) is 0 Å². The van der Waals surface area contributed by atoms with Gasteiger partial charge in [-0.15, -0.1) is 0 Å². The highest BCUT2D eigenvalue weighted by Gasteiger charge is 2.13. The highest BCUT2D eigenvalue weighted by molar-refractivity contribution is 5.38. The number of nitrogens with zero attached hydrogens (tertiary/aromatic N) is 2. The molecule has 0 unspecified atom stereocenters. The first-order chi connectivity index (χ1) is 7.66. The number of aromatic nitrogens is 2. The molecule has 88 valence electrons. The van der Waals surface area contributed by atoms with E-state index >= 15 is 0 Å². The van der Waals surface area contributed by atoms with Gasteiger partial charge in [0.2, 0.25) is 0 Å². The summed E-state index contributed by atoms with van der Waals surface area (Å²) in [5.74, 6) is 1.81. The van der Waals surface area contributed by atoms with E-state index in [1.54, 1.807) is 6.07 Å². The summed E-state index contributed by atoms with van der Waals surface area (Å²) in [5, 5.41) is 3.28. The Hall–Kier alpha value is -1.36. The van der Waals surface area contributed by atoms with Gasteiger partial charge < -0.3 is 15.2 Å². The second-order valence-electron chi connectivity index (χ2n) is 4.38. The van der Waals surface area contributed by atoms with E-state index in [0.717, 1.165) is 37.8 Å². The zero-order valence-electron chi connectivity index (χ0n) is 9.79. The van der Waals surface area contributed by atoms with Crippen LogP contribution in [0.2, 0.25) is 0 Å². The van der Waals surface area contributed by atoms with Crippen molar-refractivity contribution in [2.75, 3.05) is 31.1 Å². The summed E-state index contributed by atoms with van der Waals surface area (Å²) in [6.45, 7) is 7.78. The molecule has 5 nitrogen and oxygen atoms in total. The van der Waals surface area contributed by atoms with Crippen molar-refractivity contribution in [1.29, 1.82) is 0 Å². The number of hydrogen-bond donors (Lipinski definition) is 2. The molecule has 2 N–H and O–H groups in total. The molecule has 1 aliphatic rings. The van der Waals surface area contributed by atoms with Crippen molar-refractivity contribution >= 4 is 5.82 Å². The monoisotopic (exact) mass is 222 g/mol. The highest BCUT2D eigenvalue weighted by Crippen LogP contribution is 2.13. The fraction of sp³-hybridized carbons (Fsp3) is 0.636. The van der Waals surface area contributed by atoms with Crippen LogP contribution in [-0.4, -0.2) is 36.1 Å². The average Bonchev–Trinajstić information content (AvgIpc) is 2.29. The quantitative estimate of drug-likeness (QED) is 0.755. The van der Waals surface area contributed by atoms with Crippen LogP contribution < -0.4 is 15.8 Å². The fourth-order valence-corrected chi connectivity index (χ4v) is 1.79. The van der Waals surface area contributed by atoms with Gasteiger partial charge in [-0.2, -0.15) is 0 Å². The van der Waals surface area contributed by atoms with E-state index in [9.17, 15) is 4.79 Å². The lowest BCUT2D eigenvalue weighted by Crippen LogP contribution is -2.44. The number of nitrogens with one attached hydrogen (secondary N) is 2. The summed E-state index contributed by atoms with van der Waals surface area (Å²) in [5.41, 5.74) is -0.0627. The Balaban J connectivity index is 2.29. The van der Waals surface area contributed by atoms with Crippen LogP contribution >= 0.6 is 0 Å². The van der Waals surface area contributed by atoms with Gasteiger partial charge in [0.05, 0.1) is 0 Å². The van der Waals surface area contributed by atoms with Crippen molar-refractivity contribution in [1.82, 2.24) is 15.3 Å². The van der Waals surface area contributed by atoms with Crippen LogP contribution in [0.4, 0.5) is 5.82 Å². The van der Waals surface area contributed by atoms with Gasteiger partial charge >= 0.3 is 0 Å². The Kier molecular flexibility index (Phi) is 3.24. The standard InChI is InChI=1S/C11H18N4O/c1-8(2)11-13-9(7-10(16)14-11)15-5-3-12-4-6-15/h7-8,12H,3-6H2,1-2H3,(H,13,14,16). The molecular formula is C11H18N4O. The van der Waals surface area contributed by atoms with Gasteiger partial charge in [-0.25, -0.2) is 4.98 Å².